The van der Waals surface area contributed by atoms with E-state index in [2.05, 4.69) is 20.8 Å². The van der Waals surface area contributed by atoms with Gasteiger partial charge in [0.2, 0.25) is 5.91 Å². The van der Waals surface area contributed by atoms with Crippen molar-refractivity contribution in [2.45, 2.75) is 18.9 Å². The quantitative estimate of drug-likeness (QED) is 0.811. The second kappa shape index (κ2) is 6.89. The fraction of sp³-hybridized carbons (Fsp3) is 0.533. The maximum absolute atomic E-state index is 13.0. The summed E-state index contributed by atoms with van der Waals surface area (Å²) in [6.07, 6.45) is 3.33. The van der Waals surface area contributed by atoms with E-state index in [-0.39, 0.29) is 17.9 Å². The van der Waals surface area contributed by atoms with Gasteiger partial charge in [-0.05, 0) is 34.7 Å². The van der Waals surface area contributed by atoms with Crippen LogP contribution in [0.4, 0.5) is 0 Å². The Morgan fingerprint density at radius 2 is 2.28 bits per heavy atom. The van der Waals surface area contributed by atoms with E-state index in [1.54, 1.807) is 0 Å². The van der Waals surface area contributed by atoms with Crippen molar-refractivity contribution in [2.75, 3.05) is 32.7 Å². The monoisotopic (exact) mass is 361 g/mol. The summed E-state index contributed by atoms with van der Waals surface area (Å²) in [6, 6.07) is 1.94. The van der Waals surface area contributed by atoms with Crippen molar-refractivity contribution in [3.05, 3.63) is 22.7 Å². The molecule has 2 aromatic rings. The summed E-state index contributed by atoms with van der Waals surface area (Å²) in [6.45, 7) is 3.20. The van der Waals surface area contributed by atoms with Crippen molar-refractivity contribution in [2.24, 2.45) is 0 Å². The predicted octanol–water partition coefficient (Wildman–Crippen LogP) is -0.240. The number of rotatable bonds is 3. The summed E-state index contributed by atoms with van der Waals surface area (Å²) < 4.78 is 1.50. The van der Waals surface area contributed by atoms with Gasteiger partial charge in [-0.25, -0.2) is 0 Å². The molecular formula is C15H19N7O2S. The summed E-state index contributed by atoms with van der Waals surface area (Å²) in [7, 11) is 0. The Balaban J connectivity index is 1.51. The van der Waals surface area contributed by atoms with Gasteiger partial charge in [0.1, 0.15) is 11.2 Å². The molecule has 4 rings (SSSR count). The molecule has 1 unspecified atom stereocenters. The molecule has 10 heteroatoms. The van der Waals surface area contributed by atoms with Crippen LogP contribution in [0.5, 0.6) is 0 Å². The summed E-state index contributed by atoms with van der Waals surface area (Å²) >= 11 is 1.39. The molecule has 9 nitrogen and oxygen atoms in total. The fourth-order valence-corrected chi connectivity index (χ4v) is 4.30. The van der Waals surface area contributed by atoms with Crippen LogP contribution >= 0.6 is 11.3 Å². The van der Waals surface area contributed by atoms with Gasteiger partial charge >= 0.3 is 0 Å². The lowest BCUT2D eigenvalue weighted by Gasteiger charge is -2.41. The van der Waals surface area contributed by atoms with E-state index in [9.17, 15) is 9.59 Å². The van der Waals surface area contributed by atoms with Crippen LogP contribution in [0.15, 0.2) is 17.8 Å². The SMILES string of the molecule is O=C(c1sccc1-n1cnnn1)N1CCCC(N2CCNCC2=O)C1. The van der Waals surface area contributed by atoms with Gasteiger partial charge < -0.3 is 15.1 Å². The molecule has 2 aromatic heterocycles. The van der Waals surface area contributed by atoms with Gasteiger partial charge in [0.25, 0.3) is 5.91 Å². The van der Waals surface area contributed by atoms with E-state index in [0.717, 1.165) is 19.4 Å². The molecule has 25 heavy (non-hydrogen) atoms. The van der Waals surface area contributed by atoms with Crippen molar-refractivity contribution in [3.63, 3.8) is 0 Å². The molecule has 0 radical (unpaired) electrons. The molecule has 0 aromatic carbocycles. The molecular weight excluding hydrogens is 342 g/mol. The van der Waals surface area contributed by atoms with Crippen molar-refractivity contribution in [3.8, 4) is 5.69 Å². The van der Waals surface area contributed by atoms with Crippen LogP contribution in [0.25, 0.3) is 5.69 Å². The zero-order valence-electron chi connectivity index (χ0n) is 13.7. The molecule has 0 bridgehead atoms. The summed E-state index contributed by atoms with van der Waals surface area (Å²) in [5.74, 6) is 0.101. The minimum Gasteiger partial charge on any atom is -0.336 e. The molecule has 2 aliphatic heterocycles. The molecule has 0 saturated carbocycles. The smallest absolute Gasteiger partial charge is 0.266 e. The van der Waals surface area contributed by atoms with Crippen LogP contribution in [0.3, 0.4) is 0 Å². The zero-order valence-corrected chi connectivity index (χ0v) is 14.5. The first kappa shape index (κ1) is 16.2. The van der Waals surface area contributed by atoms with Gasteiger partial charge in [-0.3, -0.25) is 9.59 Å². The van der Waals surface area contributed by atoms with E-state index in [4.69, 9.17) is 0 Å². The number of piperazine rings is 1. The Labute approximate surface area is 148 Å². The first-order valence-electron chi connectivity index (χ1n) is 8.34. The third-order valence-corrected chi connectivity index (χ3v) is 5.58. The Hall–Kier alpha value is -2.33. The summed E-state index contributed by atoms with van der Waals surface area (Å²) in [5.41, 5.74) is 0.695. The number of hydrogen-bond acceptors (Lipinski definition) is 7. The lowest BCUT2D eigenvalue weighted by Crippen LogP contribution is -2.57. The number of likely N-dealkylation sites (tertiary alicyclic amines) is 1. The van der Waals surface area contributed by atoms with Gasteiger partial charge in [0, 0.05) is 32.2 Å². The lowest BCUT2D eigenvalue weighted by atomic mass is 10.0. The minimum absolute atomic E-state index is 0.0206. The highest BCUT2D eigenvalue weighted by molar-refractivity contribution is 7.12. The number of nitrogens with one attached hydrogen (secondary N) is 1. The molecule has 2 fully saturated rings. The van der Waals surface area contributed by atoms with E-state index in [0.29, 0.717) is 36.7 Å². The zero-order chi connectivity index (χ0) is 17.2. The van der Waals surface area contributed by atoms with Crippen LogP contribution in [-0.4, -0.2) is 80.6 Å². The molecule has 2 aliphatic rings. The topological polar surface area (TPSA) is 96.2 Å². The van der Waals surface area contributed by atoms with E-state index in [1.807, 2.05) is 21.2 Å². The summed E-state index contributed by atoms with van der Waals surface area (Å²) in [5, 5.41) is 16.1. The number of hydrogen-bond donors (Lipinski definition) is 1. The van der Waals surface area contributed by atoms with Crippen molar-refractivity contribution in [1.29, 1.82) is 0 Å². The van der Waals surface area contributed by atoms with Gasteiger partial charge in [-0.15, -0.1) is 16.4 Å². The lowest BCUT2D eigenvalue weighted by molar-refractivity contribution is -0.135. The van der Waals surface area contributed by atoms with Crippen LogP contribution in [-0.2, 0) is 4.79 Å². The summed E-state index contributed by atoms with van der Waals surface area (Å²) in [4.78, 5) is 29.6. The van der Waals surface area contributed by atoms with Crippen LogP contribution in [0.2, 0.25) is 0 Å². The Morgan fingerprint density at radius 1 is 1.36 bits per heavy atom. The first-order chi connectivity index (χ1) is 12.2. The average molecular weight is 361 g/mol. The largest absolute Gasteiger partial charge is 0.336 e. The third-order valence-electron chi connectivity index (χ3n) is 4.69. The van der Waals surface area contributed by atoms with Gasteiger partial charge in [-0.1, -0.05) is 0 Å². The van der Waals surface area contributed by atoms with Crippen LogP contribution < -0.4 is 5.32 Å². The molecule has 0 spiro atoms. The Bertz CT molecular complexity index is 760. The molecule has 2 saturated heterocycles. The number of thiophene rings is 1. The standard InChI is InChI=1S/C15H19N7O2S/c23-13-8-16-4-6-21(13)11-2-1-5-20(9-11)15(24)14-12(3-7-25-14)22-10-17-18-19-22/h3,7,10-11,16H,1-2,4-6,8-9H2. The molecule has 1 atom stereocenters. The highest BCUT2D eigenvalue weighted by Crippen LogP contribution is 2.25. The number of piperidine rings is 1. The third kappa shape index (κ3) is 3.14. The Morgan fingerprint density at radius 3 is 3.08 bits per heavy atom. The van der Waals surface area contributed by atoms with Crippen molar-refractivity contribution in [1.82, 2.24) is 35.3 Å². The van der Waals surface area contributed by atoms with E-state index in [1.165, 1.54) is 22.3 Å². The molecule has 2 amide bonds. The molecule has 1 N–H and O–H groups in total. The highest BCUT2D eigenvalue weighted by Gasteiger charge is 2.33. The first-order valence-corrected chi connectivity index (χ1v) is 9.22. The number of amides is 2. The second-order valence-corrected chi connectivity index (χ2v) is 7.12. The normalized spacial score (nSPS) is 21.6. The second-order valence-electron chi connectivity index (χ2n) is 6.20. The number of tetrazole rings is 1. The highest BCUT2D eigenvalue weighted by atomic mass is 32.1. The molecule has 132 valence electrons. The maximum Gasteiger partial charge on any atom is 0.266 e. The van der Waals surface area contributed by atoms with Gasteiger partial charge in [-0.2, -0.15) is 4.68 Å². The number of carbonyl (C=O) groups is 2. The molecule has 0 aliphatic carbocycles. The van der Waals surface area contributed by atoms with E-state index >= 15 is 0 Å². The van der Waals surface area contributed by atoms with Crippen molar-refractivity contribution >= 4 is 23.2 Å². The number of carbonyl (C=O) groups excluding carboxylic acids is 2. The minimum atomic E-state index is -0.0206. The maximum atomic E-state index is 13.0. The fourth-order valence-electron chi connectivity index (χ4n) is 3.46. The van der Waals surface area contributed by atoms with Gasteiger partial charge in [0.05, 0.1) is 12.2 Å². The number of aromatic nitrogens is 4. The Kier molecular flexibility index (Phi) is 4.45. The van der Waals surface area contributed by atoms with Crippen LogP contribution in [0.1, 0.15) is 22.5 Å². The number of nitrogens with zero attached hydrogens (tertiary/aromatic N) is 6. The average Bonchev–Trinajstić information content (AvgIpc) is 3.33. The van der Waals surface area contributed by atoms with Gasteiger partial charge in [0.15, 0.2) is 0 Å². The van der Waals surface area contributed by atoms with Crippen LogP contribution in [0, 0.1) is 0 Å². The molecule has 4 heterocycles. The predicted molar refractivity (Wildman–Crippen MR) is 90.5 cm³/mol. The van der Waals surface area contributed by atoms with E-state index < -0.39 is 0 Å². The van der Waals surface area contributed by atoms with Crippen molar-refractivity contribution < 1.29 is 9.59 Å².